The van der Waals surface area contributed by atoms with Gasteiger partial charge < -0.3 is 15.2 Å². The van der Waals surface area contributed by atoms with Crippen LogP contribution in [0.2, 0.25) is 0 Å². The molecule has 9 heteroatoms. The van der Waals surface area contributed by atoms with Crippen LogP contribution in [0.4, 0.5) is 18.0 Å². The van der Waals surface area contributed by atoms with Crippen LogP contribution in [-0.4, -0.2) is 28.3 Å². The lowest BCUT2D eigenvalue weighted by atomic mass is 9.95. The number of rotatable bonds is 8. The van der Waals surface area contributed by atoms with E-state index in [1.54, 1.807) is 13.0 Å². The summed E-state index contributed by atoms with van der Waals surface area (Å²) in [6.45, 7) is 6.98. The van der Waals surface area contributed by atoms with Gasteiger partial charge in [0.15, 0.2) is 0 Å². The van der Waals surface area contributed by atoms with Crippen LogP contribution in [0, 0.1) is 5.92 Å². The molecule has 164 valence electrons. The normalized spacial score (nSPS) is 13.7. The van der Waals surface area contributed by atoms with Crippen molar-refractivity contribution in [3.8, 4) is 17.0 Å². The Morgan fingerprint density at radius 2 is 1.90 bits per heavy atom. The number of ether oxygens (including phenoxy) is 2. The molecule has 1 aromatic heterocycles. The van der Waals surface area contributed by atoms with Crippen molar-refractivity contribution in [1.29, 1.82) is 0 Å². The molecule has 0 fully saturated rings. The highest BCUT2D eigenvalue weighted by Gasteiger charge is 2.36. The number of amides is 1. The third-order valence-corrected chi connectivity index (χ3v) is 4.39. The van der Waals surface area contributed by atoms with E-state index in [0.717, 1.165) is 11.8 Å². The maximum absolute atomic E-state index is 13.7. The van der Waals surface area contributed by atoms with E-state index in [1.807, 2.05) is 20.8 Å². The van der Waals surface area contributed by atoms with Crippen molar-refractivity contribution < 1.29 is 27.4 Å². The summed E-state index contributed by atoms with van der Waals surface area (Å²) in [5, 5.41) is 0. The lowest BCUT2D eigenvalue weighted by molar-refractivity contribution is -0.139. The van der Waals surface area contributed by atoms with Crippen molar-refractivity contribution in [2.45, 2.75) is 52.3 Å². The molecule has 30 heavy (non-hydrogen) atoms. The number of aromatic nitrogens is 2. The largest absolute Gasteiger partial charge is 0.489 e. The number of hydrogen-bond acceptors (Lipinski definition) is 5. The number of primary amides is 1. The van der Waals surface area contributed by atoms with E-state index in [-0.39, 0.29) is 18.3 Å². The molecule has 0 aliphatic carbocycles. The Kier molecular flexibility index (Phi) is 7.28. The monoisotopic (exact) mass is 425 g/mol. The first-order chi connectivity index (χ1) is 13.9. The molecule has 0 aliphatic heterocycles. The van der Waals surface area contributed by atoms with Crippen molar-refractivity contribution in [3.05, 3.63) is 41.9 Å². The number of alkyl halides is 3. The van der Waals surface area contributed by atoms with Crippen LogP contribution in [0.5, 0.6) is 5.75 Å². The standard InChI is InChI=1S/C21H26F3N3O3/c1-5-15-9-17(27-12-26-15)14-6-7-18(16(8-14)21(22,23)24)29-11-20(4,10-13(2)3)30-19(25)28/h6-9,12-13H,5,10-11H2,1-4H3,(H2,25,28). The average Bonchev–Trinajstić information content (AvgIpc) is 2.64. The highest BCUT2D eigenvalue weighted by atomic mass is 19.4. The smallest absolute Gasteiger partial charge is 0.419 e. The minimum absolute atomic E-state index is 0.105. The first kappa shape index (κ1) is 23.4. The number of halogens is 3. The van der Waals surface area contributed by atoms with Gasteiger partial charge in [-0.25, -0.2) is 14.8 Å². The van der Waals surface area contributed by atoms with Crippen molar-refractivity contribution in [2.24, 2.45) is 11.7 Å². The molecule has 1 heterocycles. The second-order valence-electron chi connectivity index (χ2n) is 7.71. The first-order valence-electron chi connectivity index (χ1n) is 9.57. The Labute approximate surface area is 173 Å². The molecule has 1 atom stereocenters. The predicted octanol–water partition coefficient (Wildman–Crippen LogP) is 5.00. The van der Waals surface area contributed by atoms with Gasteiger partial charge in [-0.1, -0.05) is 20.8 Å². The zero-order chi connectivity index (χ0) is 22.5. The molecule has 0 aliphatic rings. The number of carbonyl (C=O) groups excluding carboxylic acids is 1. The molecular formula is C21H26F3N3O3. The minimum atomic E-state index is -4.65. The molecule has 2 rings (SSSR count). The van der Waals surface area contributed by atoms with Crippen molar-refractivity contribution in [3.63, 3.8) is 0 Å². The summed E-state index contributed by atoms with van der Waals surface area (Å²) >= 11 is 0. The van der Waals surface area contributed by atoms with Crippen LogP contribution in [0.25, 0.3) is 11.3 Å². The van der Waals surface area contributed by atoms with Crippen molar-refractivity contribution >= 4 is 6.09 Å². The van der Waals surface area contributed by atoms with Gasteiger partial charge in [0.25, 0.3) is 0 Å². The van der Waals surface area contributed by atoms with E-state index in [9.17, 15) is 18.0 Å². The molecule has 1 aromatic carbocycles. The van der Waals surface area contributed by atoms with Gasteiger partial charge in [0.1, 0.15) is 24.3 Å². The fourth-order valence-corrected chi connectivity index (χ4v) is 3.25. The van der Waals surface area contributed by atoms with Gasteiger partial charge in [0.05, 0.1) is 11.3 Å². The third-order valence-electron chi connectivity index (χ3n) is 4.39. The zero-order valence-electron chi connectivity index (χ0n) is 17.4. The Hall–Kier alpha value is -2.84. The van der Waals surface area contributed by atoms with Gasteiger partial charge in [-0.15, -0.1) is 0 Å². The molecule has 0 saturated carbocycles. The van der Waals surface area contributed by atoms with Gasteiger partial charge in [-0.2, -0.15) is 13.2 Å². The summed E-state index contributed by atoms with van der Waals surface area (Å²) in [5.41, 5.74) is 4.43. The number of benzene rings is 1. The van der Waals surface area contributed by atoms with Gasteiger partial charge in [0.2, 0.25) is 0 Å². The first-order valence-corrected chi connectivity index (χ1v) is 9.57. The van der Waals surface area contributed by atoms with Gasteiger partial charge in [-0.3, -0.25) is 0 Å². The van der Waals surface area contributed by atoms with Crippen molar-refractivity contribution in [1.82, 2.24) is 9.97 Å². The summed E-state index contributed by atoms with van der Waals surface area (Å²) in [4.78, 5) is 19.4. The van der Waals surface area contributed by atoms with E-state index >= 15 is 0 Å². The summed E-state index contributed by atoms with van der Waals surface area (Å²) in [5.74, 6) is -0.257. The highest BCUT2D eigenvalue weighted by molar-refractivity contribution is 5.65. The van der Waals surface area contributed by atoms with E-state index in [4.69, 9.17) is 15.2 Å². The molecule has 0 saturated heterocycles. The lowest BCUT2D eigenvalue weighted by Crippen LogP contribution is -2.41. The number of aryl methyl sites for hydroxylation is 1. The second-order valence-corrected chi connectivity index (χ2v) is 7.71. The minimum Gasteiger partial charge on any atom is -0.489 e. The van der Waals surface area contributed by atoms with Crippen molar-refractivity contribution in [2.75, 3.05) is 6.61 Å². The summed E-state index contributed by atoms with van der Waals surface area (Å²) < 4.78 is 51.7. The molecule has 1 amide bonds. The number of carbonyl (C=O) groups is 1. The molecule has 1 unspecified atom stereocenters. The van der Waals surface area contributed by atoms with E-state index in [0.29, 0.717) is 24.1 Å². The SMILES string of the molecule is CCc1cc(-c2ccc(OCC(C)(CC(C)C)OC(N)=O)c(C(F)(F)F)c2)ncn1. The predicted molar refractivity (Wildman–Crippen MR) is 106 cm³/mol. The van der Waals surface area contributed by atoms with Crippen LogP contribution >= 0.6 is 0 Å². The summed E-state index contributed by atoms with van der Waals surface area (Å²) in [7, 11) is 0. The lowest BCUT2D eigenvalue weighted by Gasteiger charge is -2.30. The topological polar surface area (TPSA) is 87.3 Å². The van der Waals surface area contributed by atoms with E-state index in [2.05, 4.69) is 9.97 Å². The van der Waals surface area contributed by atoms with Gasteiger partial charge >= 0.3 is 12.3 Å². The van der Waals surface area contributed by atoms with Gasteiger partial charge in [0, 0.05) is 11.3 Å². The van der Waals surface area contributed by atoms with Gasteiger partial charge in [-0.05, 0) is 49.9 Å². The van der Waals surface area contributed by atoms with E-state index < -0.39 is 23.4 Å². The fraction of sp³-hybridized carbons (Fsp3) is 0.476. The molecule has 6 nitrogen and oxygen atoms in total. The summed E-state index contributed by atoms with van der Waals surface area (Å²) in [6, 6.07) is 5.38. The molecule has 0 bridgehead atoms. The highest BCUT2D eigenvalue weighted by Crippen LogP contribution is 2.39. The van der Waals surface area contributed by atoms with Crippen LogP contribution in [0.15, 0.2) is 30.6 Å². The molecule has 0 spiro atoms. The maximum atomic E-state index is 13.7. The quantitative estimate of drug-likeness (QED) is 0.643. The fourth-order valence-electron chi connectivity index (χ4n) is 3.25. The Morgan fingerprint density at radius 1 is 1.20 bits per heavy atom. The van der Waals surface area contributed by atoms with Crippen LogP contribution < -0.4 is 10.5 Å². The molecule has 2 N–H and O–H groups in total. The zero-order valence-corrected chi connectivity index (χ0v) is 17.4. The number of hydrogen-bond donors (Lipinski definition) is 1. The molecule has 0 radical (unpaired) electrons. The number of nitrogens with two attached hydrogens (primary N) is 1. The molecular weight excluding hydrogens is 399 g/mol. The van der Waals surface area contributed by atoms with E-state index in [1.165, 1.54) is 18.5 Å². The Balaban J connectivity index is 2.36. The Bertz CT molecular complexity index is 887. The Morgan fingerprint density at radius 3 is 2.47 bits per heavy atom. The third kappa shape index (κ3) is 6.33. The van der Waals surface area contributed by atoms with Crippen LogP contribution in [-0.2, 0) is 17.3 Å². The van der Waals surface area contributed by atoms with Crippen LogP contribution in [0.3, 0.4) is 0 Å². The summed E-state index contributed by atoms with van der Waals surface area (Å²) in [6.07, 6.45) is -3.33. The number of nitrogens with zero attached hydrogens (tertiary/aromatic N) is 2. The maximum Gasteiger partial charge on any atom is 0.419 e. The average molecular weight is 425 g/mol. The second kappa shape index (κ2) is 9.32. The molecule has 2 aromatic rings. The van der Waals surface area contributed by atoms with Crippen LogP contribution in [0.1, 0.15) is 45.4 Å².